The number of fused-ring (bicyclic) bond motifs is 1. The molecule has 0 aliphatic rings. The van der Waals surface area contributed by atoms with Crippen LogP contribution in [0.1, 0.15) is 20.8 Å². The molecule has 0 bridgehead atoms. The number of amides is 1. The fraction of sp³-hybridized carbons (Fsp3) is 0.207. The Kier molecular flexibility index (Phi) is 10.4. The van der Waals surface area contributed by atoms with Crippen molar-refractivity contribution in [3.63, 3.8) is 0 Å². The van der Waals surface area contributed by atoms with Gasteiger partial charge in [-0.1, -0.05) is 6.08 Å². The molecule has 1 aromatic carbocycles. The van der Waals surface area contributed by atoms with Gasteiger partial charge in [0.25, 0.3) is 5.91 Å². The molecule has 0 radical (unpaired) electrons. The van der Waals surface area contributed by atoms with Crippen molar-refractivity contribution in [3.05, 3.63) is 78.2 Å². The first-order valence-electron chi connectivity index (χ1n) is 12.3. The molecule has 1 amide bonds. The lowest BCUT2D eigenvalue weighted by molar-refractivity contribution is -0.110. The van der Waals surface area contributed by atoms with Crippen molar-refractivity contribution in [1.82, 2.24) is 15.3 Å². The van der Waals surface area contributed by atoms with Gasteiger partial charge in [0.15, 0.2) is 23.0 Å². The smallest absolute Gasteiger partial charge is 0.278 e. The van der Waals surface area contributed by atoms with E-state index in [0.29, 0.717) is 28.5 Å². The first kappa shape index (κ1) is 29.4. The Bertz CT molecular complexity index is 1480. The summed E-state index contributed by atoms with van der Waals surface area (Å²) in [6, 6.07) is 8.51. The van der Waals surface area contributed by atoms with E-state index in [0.717, 1.165) is 16.7 Å². The number of aromatic nitrogens is 2. The van der Waals surface area contributed by atoms with Crippen LogP contribution >= 0.6 is 0 Å². The zero-order chi connectivity index (χ0) is 29.1. The van der Waals surface area contributed by atoms with Crippen molar-refractivity contribution in [1.29, 1.82) is 5.41 Å². The molecule has 3 N–H and O–H groups in total. The van der Waals surface area contributed by atoms with Crippen LogP contribution in [0.2, 0.25) is 0 Å². The van der Waals surface area contributed by atoms with E-state index in [1.165, 1.54) is 12.4 Å². The molecule has 0 aliphatic carbocycles. The first-order chi connectivity index (χ1) is 19.3. The van der Waals surface area contributed by atoms with Gasteiger partial charge in [-0.2, -0.15) is 0 Å². The monoisotopic (exact) mass is 544 g/mol. The van der Waals surface area contributed by atoms with Crippen LogP contribution in [-0.2, 0) is 9.53 Å². The largest absolute Gasteiger partial charge is 0.493 e. The average Bonchev–Trinajstić information content (AvgIpc) is 2.97. The number of pyridine rings is 2. The van der Waals surface area contributed by atoms with Crippen LogP contribution in [0.25, 0.3) is 10.9 Å². The normalized spacial score (nSPS) is 12.0. The molecule has 0 saturated heterocycles. The number of allylic oxidation sites excluding steroid dienone is 2. The van der Waals surface area contributed by atoms with Crippen LogP contribution in [0.4, 0.5) is 5.82 Å². The van der Waals surface area contributed by atoms with E-state index in [1.54, 1.807) is 63.9 Å². The Morgan fingerprint density at radius 2 is 1.88 bits per heavy atom. The molecule has 208 valence electrons. The maximum absolute atomic E-state index is 12.8. The molecule has 2 aromatic heterocycles. The summed E-state index contributed by atoms with van der Waals surface area (Å²) in [6.07, 6.45) is 7.97. The van der Waals surface area contributed by atoms with E-state index >= 15 is 0 Å². The number of carbonyl (C=O) groups excluding carboxylic acids is 1. The minimum atomic E-state index is -0.689. The molecule has 11 nitrogen and oxygen atoms in total. The van der Waals surface area contributed by atoms with Gasteiger partial charge in [0, 0.05) is 35.7 Å². The SMILES string of the molecule is C=N/C=C(C)\C(=C/C)N/C=C(/OCC)C(=N)C(=O)Nc1ccc(Oc2ccnc3cc(OC)c(OC)cc23)cn1. The highest BCUT2D eigenvalue weighted by Crippen LogP contribution is 2.36. The number of carbonyl (C=O) groups is 1. The summed E-state index contributed by atoms with van der Waals surface area (Å²) < 4.78 is 22.3. The third kappa shape index (κ3) is 7.22. The van der Waals surface area contributed by atoms with Gasteiger partial charge in [-0.25, -0.2) is 4.98 Å². The fourth-order valence-corrected chi connectivity index (χ4v) is 3.58. The molecule has 0 fully saturated rings. The van der Waals surface area contributed by atoms with Gasteiger partial charge < -0.3 is 29.6 Å². The quantitative estimate of drug-likeness (QED) is 0.148. The summed E-state index contributed by atoms with van der Waals surface area (Å²) in [7, 11) is 3.12. The first-order valence-corrected chi connectivity index (χ1v) is 12.3. The second-order valence-electron chi connectivity index (χ2n) is 8.13. The van der Waals surface area contributed by atoms with Crippen molar-refractivity contribution in [2.45, 2.75) is 20.8 Å². The Hall–Kier alpha value is -5.19. The second-order valence-corrected chi connectivity index (χ2v) is 8.13. The van der Waals surface area contributed by atoms with Gasteiger partial charge in [-0.15, -0.1) is 0 Å². The maximum atomic E-state index is 12.8. The van der Waals surface area contributed by atoms with Gasteiger partial charge in [-0.05, 0) is 57.3 Å². The molecule has 11 heteroatoms. The van der Waals surface area contributed by atoms with Crippen LogP contribution in [0.5, 0.6) is 23.0 Å². The van der Waals surface area contributed by atoms with Gasteiger partial charge in [0.2, 0.25) is 0 Å². The van der Waals surface area contributed by atoms with E-state index in [9.17, 15) is 4.79 Å². The Balaban J connectivity index is 1.73. The number of hydrogen-bond donors (Lipinski definition) is 3. The van der Waals surface area contributed by atoms with E-state index in [2.05, 4.69) is 32.3 Å². The molecular weight excluding hydrogens is 512 g/mol. The van der Waals surface area contributed by atoms with Gasteiger partial charge >= 0.3 is 0 Å². The predicted octanol–water partition coefficient (Wildman–Crippen LogP) is 5.37. The molecule has 0 aliphatic heterocycles. The molecule has 3 aromatic rings. The zero-order valence-corrected chi connectivity index (χ0v) is 23.1. The van der Waals surface area contributed by atoms with Gasteiger partial charge in [-0.3, -0.25) is 20.2 Å². The van der Waals surface area contributed by atoms with E-state index < -0.39 is 5.91 Å². The Morgan fingerprint density at radius 1 is 1.12 bits per heavy atom. The number of rotatable bonds is 13. The van der Waals surface area contributed by atoms with E-state index in [1.807, 2.05) is 19.9 Å². The number of ether oxygens (including phenoxy) is 4. The minimum absolute atomic E-state index is 0.0651. The van der Waals surface area contributed by atoms with Crippen LogP contribution in [0.3, 0.4) is 0 Å². The molecule has 3 rings (SSSR count). The van der Waals surface area contributed by atoms with Crippen LogP contribution in [-0.4, -0.2) is 49.1 Å². The summed E-state index contributed by atoms with van der Waals surface area (Å²) >= 11 is 0. The Morgan fingerprint density at radius 3 is 2.50 bits per heavy atom. The minimum Gasteiger partial charge on any atom is -0.493 e. The van der Waals surface area contributed by atoms with Crippen molar-refractivity contribution in [3.8, 4) is 23.0 Å². The number of hydrogen-bond acceptors (Lipinski definition) is 10. The third-order valence-corrected chi connectivity index (χ3v) is 5.54. The van der Waals surface area contributed by atoms with Crippen molar-refractivity contribution >= 4 is 35.1 Å². The number of nitrogens with one attached hydrogen (secondary N) is 3. The lowest BCUT2D eigenvalue weighted by Gasteiger charge is -2.13. The number of methoxy groups -OCH3 is 2. The maximum Gasteiger partial charge on any atom is 0.278 e. The zero-order valence-electron chi connectivity index (χ0n) is 23.1. The number of aliphatic imine (C=N–C) groups is 1. The number of nitrogens with zero attached hydrogens (tertiary/aromatic N) is 3. The highest BCUT2D eigenvalue weighted by Gasteiger charge is 2.18. The average molecular weight is 545 g/mol. The molecule has 0 atom stereocenters. The van der Waals surface area contributed by atoms with Crippen molar-refractivity contribution in [2.75, 3.05) is 26.1 Å². The summed E-state index contributed by atoms with van der Waals surface area (Å²) in [4.78, 5) is 25.2. The van der Waals surface area contributed by atoms with Gasteiger partial charge in [0.05, 0.1) is 32.5 Å². The van der Waals surface area contributed by atoms with E-state index in [4.69, 9.17) is 24.4 Å². The van der Waals surface area contributed by atoms with Crippen LogP contribution in [0.15, 0.2) is 83.2 Å². The molecular formula is C29H32N6O5. The number of benzene rings is 1. The summed E-state index contributed by atoms with van der Waals surface area (Å²) in [6.45, 7) is 9.18. The molecule has 0 unspecified atom stereocenters. The molecule has 0 saturated carbocycles. The molecule has 40 heavy (non-hydrogen) atoms. The highest BCUT2D eigenvalue weighted by molar-refractivity contribution is 6.47. The lowest BCUT2D eigenvalue weighted by atomic mass is 10.2. The summed E-state index contributed by atoms with van der Waals surface area (Å²) in [5.41, 5.74) is 1.85. The summed E-state index contributed by atoms with van der Waals surface area (Å²) in [5, 5.41) is 14.7. The molecule has 2 heterocycles. The van der Waals surface area contributed by atoms with Crippen molar-refractivity contribution in [2.24, 2.45) is 4.99 Å². The second kappa shape index (κ2) is 14.1. The fourth-order valence-electron chi connectivity index (χ4n) is 3.58. The standard InChI is InChI=1S/C29H32N6O5/c1-7-21(18(3)15-31-4)33-17-26(39-8-2)28(30)29(36)35-27-10-9-19(16-34-27)40-23-11-12-32-22-14-25(38-6)24(37-5)13-20(22)23/h7,9-17,30,33H,4,8H2,1-3,5-6H3,(H,34,35,36)/b18-15-,21-7+,26-17+,30-28?. The Labute approximate surface area is 232 Å². The van der Waals surface area contributed by atoms with Crippen LogP contribution in [0, 0.1) is 5.41 Å². The molecule has 0 spiro atoms. The third-order valence-electron chi connectivity index (χ3n) is 5.54. The van der Waals surface area contributed by atoms with E-state index in [-0.39, 0.29) is 23.9 Å². The van der Waals surface area contributed by atoms with Crippen LogP contribution < -0.4 is 24.8 Å². The summed E-state index contributed by atoms with van der Waals surface area (Å²) in [5.74, 6) is 1.70. The highest BCUT2D eigenvalue weighted by atomic mass is 16.5. The topological polar surface area (TPSA) is 140 Å². The van der Waals surface area contributed by atoms with Gasteiger partial charge in [0.1, 0.15) is 17.3 Å². The van der Waals surface area contributed by atoms with Crippen molar-refractivity contribution < 1.29 is 23.7 Å². The lowest BCUT2D eigenvalue weighted by Crippen LogP contribution is -2.26. The number of anilines is 1. The predicted molar refractivity (Wildman–Crippen MR) is 155 cm³/mol.